The van der Waals surface area contributed by atoms with Gasteiger partial charge in [-0.15, -0.1) is 0 Å². The number of hydrogen-bond acceptors (Lipinski definition) is 10. The number of carbonyl (C=O) groups excluding carboxylic acids is 2. The SMILES string of the molecule is CNC(=O)c1cncnc1N.CNC(=O)c1cncnc1Nc1cc(Cl)ncc1C(F)(F)F.Cc1cnc(Cl)cc1I. The van der Waals surface area contributed by atoms with Crippen LogP contribution in [0.25, 0.3) is 0 Å². The standard InChI is InChI=1S/C12H9ClF3N5O.C6H5ClIN.C6H8N4O/c1-17-11(22)6-3-18-5-20-10(6)21-8-2-9(13)19-4-7(8)12(14,15)16;1-4-3-9-6(7)2-5(4)8;1-8-6(11)4-2-9-3-10-5(4)7/h2-5H,1H3,(H,17,22)(H,18,19,20,21);2-3H,1H3;2-3H,1H3,(H,8,11)(H2,7,9,10). The van der Waals surface area contributed by atoms with E-state index in [1.165, 1.54) is 38.4 Å². The van der Waals surface area contributed by atoms with Gasteiger partial charge in [0.15, 0.2) is 0 Å². The fraction of sp³-hybridized carbons (Fsp3) is 0.167. The van der Waals surface area contributed by atoms with E-state index in [1.807, 2.05) is 13.0 Å². The molecular formula is C24H22Cl2F3IN10O2. The lowest BCUT2D eigenvalue weighted by atomic mass is 10.2. The summed E-state index contributed by atoms with van der Waals surface area (Å²) in [6, 6.07) is 2.84. The molecule has 0 bridgehead atoms. The molecule has 0 saturated heterocycles. The Bertz CT molecular complexity index is 1550. The number of halogens is 6. The van der Waals surface area contributed by atoms with Crippen LogP contribution in [0.3, 0.4) is 0 Å². The summed E-state index contributed by atoms with van der Waals surface area (Å²) in [6.07, 6.45) is 2.69. The van der Waals surface area contributed by atoms with Crippen molar-refractivity contribution < 1.29 is 22.8 Å². The maximum atomic E-state index is 13.0. The molecule has 2 amide bonds. The summed E-state index contributed by atoms with van der Waals surface area (Å²) >= 11 is 13.5. The lowest BCUT2D eigenvalue weighted by Crippen LogP contribution is -2.20. The van der Waals surface area contributed by atoms with E-state index in [9.17, 15) is 22.8 Å². The van der Waals surface area contributed by atoms with E-state index in [1.54, 1.807) is 6.20 Å². The summed E-state index contributed by atoms with van der Waals surface area (Å²) < 4.78 is 40.1. The number of carbonyl (C=O) groups is 2. The van der Waals surface area contributed by atoms with E-state index in [4.69, 9.17) is 28.9 Å². The monoisotopic (exact) mass is 736 g/mol. The molecule has 0 atom stereocenters. The average Bonchev–Trinajstić information content (AvgIpc) is 2.95. The quantitative estimate of drug-likeness (QED) is 0.170. The van der Waals surface area contributed by atoms with Gasteiger partial charge in [-0.1, -0.05) is 23.2 Å². The van der Waals surface area contributed by atoms with E-state index >= 15 is 0 Å². The predicted molar refractivity (Wildman–Crippen MR) is 159 cm³/mol. The Hall–Kier alpha value is -3.90. The second-order valence-electron chi connectivity index (χ2n) is 7.70. The summed E-state index contributed by atoms with van der Waals surface area (Å²) in [5, 5.41) is 7.64. The number of aromatic nitrogens is 6. The second kappa shape index (κ2) is 15.9. The molecule has 4 rings (SSSR count). The third-order valence-corrected chi connectivity index (χ3v) is 6.41. The first kappa shape index (κ1) is 34.3. The molecule has 4 aromatic rings. The maximum Gasteiger partial charge on any atom is 0.419 e. The van der Waals surface area contributed by atoms with Crippen molar-refractivity contribution in [1.82, 2.24) is 40.5 Å². The molecule has 42 heavy (non-hydrogen) atoms. The first-order valence-corrected chi connectivity index (χ1v) is 13.2. The van der Waals surface area contributed by atoms with Crippen LogP contribution in [-0.2, 0) is 6.18 Å². The number of nitrogens with zero attached hydrogens (tertiary/aromatic N) is 6. The Labute approximate surface area is 261 Å². The zero-order valence-corrected chi connectivity index (χ0v) is 25.6. The third kappa shape index (κ3) is 10.2. The van der Waals surface area contributed by atoms with Crippen molar-refractivity contribution in [3.05, 3.63) is 85.7 Å². The first-order valence-electron chi connectivity index (χ1n) is 11.4. The summed E-state index contributed by atoms with van der Waals surface area (Å²) in [5.74, 6) is -0.707. The van der Waals surface area contributed by atoms with Gasteiger partial charge >= 0.3 is 6.18 Å². The highest BCUT2D eigenvalue weighted by molar-refractivity contribution is 14.1. The minimum atomic E-state index is -4.64. The fourth-order valence-corrected chi connectivity index (χ4v) is 3.68. The van der Waals surface area contributed by atoms with Gasteiger partial charge in [-0.25, -0.2) is 29.9 Å². The van der Waals surface area contributed by atoms with Crippen molar-refractivity contribution in [3.8, 4) is 0 Å². The number of aryl methyl sites for hydroxylation is 1. The van der Waals surface area contributed by atoms with Crippen LogP contribution in [0.4, 0.5) is 30.5 Å². The number of hydrogen-bond donors (Lipinski definition) is 4. The zero-order chi connectivity index (χ0) is 31.4. The third-order valence-electron chi connectivity index (χ3n) is 4.83. The fourth-order valence-electron chi connectivity index (χ4n) is 2.74. The van der Waals surface area contributed by atoms with Crippen molar-refractivity contribution in [2.24, 2.45) is 0 Å². The summed E-state index contributed by atoms with van der Waals surface area (Å²) in [6.45, 7) is 2.01. The van der Waals surface area contributed by atoms with Gasteiger partial charge in [0.25, 0.3) is 11.8 Å². The number of nitrogen functional groups attached to an aromatic ring is 1. The normalized spacial score (nSPS) is 10.3. The molecule has 0 unspecified atom stereocenters. The van der Waals surface area contributed by atoms with E-state index in [-0.39, 0.29) is 33.9 Å². The van der Waals surface area contributed by atoms with Gasteiger partial charge in [-0.3, -0.25) is 9.59 Å². The molecule has 0 aliphatic carbocycles. The Morgan fingerprint density at radius 2 is 1.40 bits per heavy atom. The number of alkyl halides is 3. The molecule has 0 aliphatic heterocycles. The number of pyridine rings is 2. The highest BCUT2D eigenvalue weighted by Gasteiger charge is 2.34. The van der Waals surface area contributed by atoms with Crippen molar-refractivity contribution in [3.63, 3.8) is 0 Å². The van der Waals surface area contributed by atoms with Gasteiger partial charge in [-0.05, 0) is 47.2 Å². The van der Waals surface area contributed by atoms with Crippen LogP contribution in [0.5, 0.6) is 0 Å². The lowest BCUT2D eigenvalue weighted by Gasteiger charge is -2.15. The highest BCUT2D eigenvalue weighted by atomic mass is 127. The summed E-state index contributed by atoms with van der Waals surface area (Å²) in [5.41, 5.74) is 5.45. The highest BCUT2D eigenvalue weighted by Crippen LogP contribution is 2.36. The van der Waals surface area contributed by atoms with Crippen molar-refractivity contribution in [2.45, 2.75) is 13.1 Å². The average molecular weight is 737 g/mol. The molecule has 222 valence electrons. The molecule has 5 N–H and O–H groups in total. The minimum absolute atomic E-state index is 0.00828. The molecule has 0 spiro atoms. The molecule has 4 aromatic heterocycles. The summed E-state index contributed by atoms with van der Waals surface area (Å²) in [7, 11) is 2.90. The molecule has 0 aliphatic rings. The summed E-state index contributed by atoms with van der Waals surface area (Å²) in [4.78, 5) is 44.7. The van der Waals surface area contributed by atoms with Crippen LogP contribution in [0.1, 0.15) is 31.8 Å². The number of anilines is 3. The Morgan fingerprint density at radius 1 is 0.857 bits per heavy atom. The molecule has 18 heteroatoms. The van der Waals surface area contributed by atoms with Crippen LogP contribution in [0, 0.1) is 10.5 Å². The second-order valence-corrected chi connectivity index (χ2v) is 9.63. The van der Waals surface area contributed by atoms with Crippen LogP contribution in [-0.4, -0.2) is 55.8 Å². The molecule has 0 saturated carbocycles. The van der Waals surface area contributed by atoms with E-state index in [0.29, 0.717) is 16.9 Å². The number of rotatable bonds is 4. The van der Waals surface area contributed by atoms with E-state index < -0.39 is 17.6 Å². The van der Waals surface area contributed by atoms with Gasteiger partial charge in [0.1, 0.15) is 40.2 Å². The Balaban J connectivity index is 0.000000255. The number of nitrogens with two attached hydrogens (primary N) is 1. The van der Waals surface area contributed by atoms with E-state index in [2.05, 4.69) is 68.4 Å². The lowest BCUT2D eigenvalue weighted by molar-refractivity contribution is -0.137. The van der Waals surface area contributed by atoms with Crippen LogP contribution in [0.15, 0.2) is 49.6 Å². The molecule has 12 nitrogen and oxygen atoms in total. The largest absolute Gasteiger partial charge is 0.419 e. The van der Waals surface area contributed by atoms with Crippen molar-refractivity contribution >= 4 is 74.9 Å². The predicted octanol–water partition coefficient (Wildman–Crippen LogP) is 4.71. The van der Waals surface area contributed by atoms with E-state index in [0.717, 1.165) is 16.0 Å². The Kier molecular flexibility index (Phi) is 13.0. The first-order chi connectivity index (χ1) is 19.8. The van der Waals surface area contributed by atoms with Gasteiger partial charge in [-0.2, -0.15) is 13.2 Å². The molecule has 0 aromatic carbocycles. The van der Waals surface area contributed by atoms with Gasteiger partial charge < -0.3 is 21.7 Å². The minimum Gasteiger partial charge on any atom is -0.383 e. The maximum absolute atomic E-state index is 13.0. The molecular weight excluding hydrogens is 715 g/mol. The topological polar surface area (TPSA) is 174 Å². The molecule has 4 heterocycles. The smallest absolute Gasteiger partial charge is 0.383 e. The van der Waals surface area contributed by atoms with Gasteiger partial charge in [0, 0.05) is 42.5 Å². The molecule has 0 radical (unpaired) electrons. The van der Waals surface area contributed by atoms with Crippen molar-refractivity contribution in [1.29, 1.82) is 0 Å². The van der Waals surface area contributed by atoms with Crippen LogP contribution < -0.4 is 21.7 Å². The zero-order valence-electron chi connectivity index (χ0n) is 22.0. The van der Waals surface area contributed by atoms with Crippen molar-refractivity contribution in [2.75, 3.05) is 25.1 Å². The van der Waals surface area contributed by atoms with Gasteiger partial charge in [0.05, 0.1) is 16.8 Å². The number of nitrogens with one attached hydrogen (secondary N) is 3. The number of amides is 2. The molecule has 0 fully saturated rings. The Morgan fingerprint density at radius 3 is 1.95 bits per heavy atom. The van der Waals surface area contributed by atoms with Crippen LogP contribution in [0.2, 0.25) is 10.3 Å². The van der Waals surface area contributed by atoms with Gasteiger partial charge in [0.2, 0.25) is 0 Å². The van der Waals surface area contributed by atoms with Crippen LogP contribution >= 0.6 is 45.8 Å².